The first kappa shape index (κ1) is 14.3. The number of hydrogen-bond donors (Lipinski definition) is 0. The van der Waals surface area contributed by atoms with Crippen molar-refractivity contribution in [3.63, 3.8) is 0 Å². The van der Waals surface area contributed by atoms with Gasteiger partial charge in [0, 0.05) is 0 Å². The molecule has 0 fully saturated rings. The van der Waals surface area contributed by atoms with E-state index in [1.807, 2.05) is 0 Å². The van der Waals surface area contributed by atoms with Crippen LogP contribution in [0, 0.1) is 6.92 Å². The van der Waals surface area contributed by atoms with Gasteiger partial charge in [0.25, 0.3) is 0 Å². The molecule has 0 saturated carbocycles. The second-order valence-electron chi connectivity index (χ2n) is 7.59. The van der Waals surface area contributed by atoms with E-state index in [-0.39, 0.29) is 5.41 Å². The Morgan fingerprint density at radius 1 is 0.609 bits per heavy atom. The van der Waals surface area contributed by atoms with Crippen molar-refractivity contribution < 1.29 is 0 Å². The van der Waals surface area contributed by atoms with Crippen molar-refractivity contribution in [1.82, 2.24) is 0 Å². The van der Waals surface area contributed by atoms with Crippen molar-refractivity contribution in [1.29, 1.82) is 0 Å². The summed E-state index contributed by atoms with van der Waals surface area (Å²) in [4.78, 5) is 0. The summed E-state index contributed by atoms with van der Waals surface area (Å²) in [5.74, 6) is 0. The third-order valence-electron chi connectivity index (χ3n) is 4.89. The quantitative estimate of drug-likeness (QED) is 0.315. The highest BCUT2D eigenvalue weighted by Gasteiger charge is 2.17. The molecule has 0 radical (unpaired) electrons. The predicted octanol–water partition coefficient (Wildman–Crippen LogP) is 6.75. The largest absolute Gasteiger partial charge is 0.0616 e. The van der Waals surface area contributed by atoms with Crippen LogP contribution in [0.15, 0.2) is 60.7 Å². The molecule has 0 atom stereocenters. The Labute approximate surface area is 137 Å². The van der Waals surface area contributed by atoms with Crippen molar-refractivity contribution in [3.05, 3.63) is 71.8 Å². The molecule has 4 rings (SSSR count). The van der Waals surface area contributed by atoms with Crippen molar-refractivity contribution in [3.8, 4) is 0 Å². The fourth-order valence-electron chi connectivity index (χ4n) is 3.79. The Hall–Kier alpha value is -2.34. The summed E-state index contributed by atoms with van der Waals surface area (Å²) < 4.78 is 0. The number of fused-ring (bicyclic) bond motifs is 5. The van der Waals surface area contributed by atoms with Gasteiger partial charge >= 0.3 is 0 Å². The van der Waals surface area contributed by atoms with E-state index >= 15 is 0 Å². The number of benzene rings is 4. The molecule has 0 unspecified atom stereocenters. The Morgan fingerprint density at radius 2 is 1.26 bits per heavy atom. The maximum Gasteiger partial charge on any atom is -0.00989 e. The summed E-state index contributed by atoms with van der Waals surface area (Å²) in [5.41, 5.74) is 2.99. The zero-order valence-corrected chi connectivity index (χ0v) is 14.3. The Morgan fingerprint density at radius 3 is 2.00 bits per heavy atom. The minimum Gasteiger partial charge on any atom is -0.0616 e. The normalized spacial score (nSPS) is 12.3. The molecule has 0 spiro atoms. The molecule has 0 saturated heterocycles. The van der Waals surface area contributed by atoms with Gasteiger partial charge < -0.3 is 0 Å². The molecule has 0 aliphatic carbocycles. The van der Waals surface area contributed by atoms with E-state index in [2.05, 4.69) is 88.4 Å². The molecule has 114 valence electrons. The maximum atomic E-state index is 2.37. The summed E-state index contributed by atoms with van der Waals surface area (Å²) in [6.45, 7) is 9.10. The fraction of sp³-hybridized carbons (Fsp3) is 0.217. The molecule has 0 heterocycles. The van der Waals surface area contributed by atoms with Crippen LogP contribution < -0.4 is 0 Å². The molecule has 0 nitrogen and oxygen atoms in total. The lowest BCUT2D eigenvalue weighted by molar-refractivity contribution is 0.587. The van der Waals surface area contributed by atoms with Crippen molar-refractivity contribution in [2.24, 2.45) is 0 Å². The average Bonchev–Trinajstić information content (AvgIpc) is 2.52. The zero-order valence-electron chi connectivity index (χ0n) is 14.3. The number of aryl methyl sites for hydroxylation is 1. The van der Waals surface area contributed by atoms with Crippen LogP contribution in [0.1, 0.15) is 31.9 Å². The van der Waals surface area contributed by atoms with Crippen LogP contribution in [-0.4, -0.2) is 0 Å². The topological polar surface area (TPSA) is 0 Å². The van der Waals surface area contributed by atoms with E-state index in [0.29, 0.717) is 0 Å². The summed E-state index contributed by atoms with van der Waals surface area (Å²) in [7, 11) is 0. The molecule has 4 aromatic rings. The Bertz CT molecular complexity index is 1050. The van der Waals surface area contributed by atoms with Gasteiger partial charge in [-0.3, -0.25) is 0 Å². The summed E-state index contributed by atoms with van der Waals surface area (Å²) in [5, 5.41) is 8.04. The first-order valence-electron chi connectivity index (χ1n) is 8.30. The minimum absolute atomic E-state index is 0.177. The first-order valence-corrected chi connectivity index (χ1v) is 8.30. The van der Waals surface area contributed by atoms with E-state index in [1.165, 1.54) is 43.4 Å². The summed E-state index contributed by atoms with van der Waals surface area (Å²) >= 11 is 0. The lowest BCUT2D eigenvalue weighted by Crippen LogP contribution is -2.12. The van der Waals surface area contributed by atoms with Crippen LogP contribution in [-0.2, 0) is 5.41 Å². The van der Waals surface area contributed by atoms with Gasteiger partial charge in [0.1, 0.15) is 0 Å². The SMILES string of the molecule is Cc1cc2c(ccc3c4ccccc4ccc23)cc1C(C)(C)C. The molecule has 0 aliphatic rings. The van der Waals surface area contributed by atoms with E-state index < -0.39 is 0 Å². The highest BCUT2D eigenvalue weighted by Crippen LogP contribution is 2.35. The highest BCUT2D eigenvalue weighted by atomic mass is 14.2. The van der Waals surface area contributed by atoms with Gasteiger partial charge in [-0.05, 0) is 55.8 Å². The number of rotatable bonds is 0. The van der Waals surface area contributed by atoms with Crippen molar-refractivity contribution in [2.75, 3.05) is 0 Å². The third-order valence-corrected chi connectivity index (χ3v) is 4.89. The second kappa shape index (κ2) is 4.83. The Balaban J connectivity index is 2.13. The van der Waals surface area contributed by atoms with Gasteiger partial charge in [-0.15, -0.1) is 0 Å². The number of hydrogen-bond acceptors (Lipinski definition) is 0. The molecule has 0 heteroatoms. The van der Waals surface area contributed by atoms with Gasteiger partial charge in [-0.1, -0.05) is 81.4 Å². The van der Waals surface area contributed by atoms with Gasteiger partial charge in [-0.2, -0.15) is 0 Å². The molecular weight excluding hydrogens is 276 g/mol. The monoisotopic (exact) mass is 298 g/mol. The Kier molecular flexibility index (Phi) is 2.99. The van der Waals surface area contributed by atoms with Crippen LogP contribution >= 0.6 is 0 Å². The van der Waals surface area contributed by atoms with Gasteiger partial charge in [0.15, 0.2) is 0 Å². The highest BCUT2D eigenvalue weighted by molar-refractivity contribution is 6.17. The van der Waals surface area contributed by atoms with Crippen molar-refractivity contribution >= 4 is 32.3 Å². The summed E-state index contributed by atoms with van der Waals surface area (Å²) in [6, 6.07) is 22.5. The molecule has 0 aliphatic heterocycles. The van der Waals surface area contributed by atoms with Crippen LogP contribution in [0.4, 0.5) is 0 Å². The molecular formula is C23H22. The average molecular weight is 298 g/mol. The molecule has 23 heavy (non-hydrogen) atoms. The molecule has 0 amide bonds. The van der Waals surface area contributed by atoms with Crippen LogP contribution in [0.25, 0.3) is 32.3 Å². The van der Waals surface area contributed by atoms with Crippen LogP contribution in [0.3, 0.4) is 0 Å². The standard InChI is InChI=1S/C23H22/c1-15-13-21-17(14-22(15)23(2,3)4)10-12-19-18-8-6-5-7-16(18)9-11-20(19)21/h5-14H,1-4H3. The molecule has 0 aromatic heterocycles. The van der Waals surface area contributed by atoms with E-state index in [9.17, 15) is 0 Å². The zero-order chi connectivity index (χ0) is 16.2. The van der Waals surface area contributed by atoms with Gasteiger partial charge in [-0.25, -0.2) is 0 Å². The minimum atomic E-state index is 0.177. The first-order chi connectivity index (χ1) is 10.9. The third kappa shape index (κ3) is 2.21. The van der Waals surface area contributed by atoms with E-state index in [0.717, 1.165) is 0 Å². The van der Waals surface area contributed by atoms with Crippen LogP contribution in [0.5, 0.6) is 0 Å². The maximum absolute atomic E-state index is 2.37. The summed E-state index contributed by atoms with van der Waals surface area (Å²) in [6.07, 6.45) is 0. The lowest BCUT2D eigenvalue weighted by atomic mass is 9.82. The van der Waals surface area contributed by atoms with Gasteiger partial charge in [0.2, 0.25) is 0 Å². The molecule has 0 N–H and O–H groups in total. The fourth-order valence-corrected chi connectivity index (χ4v) is 3.79. The predicted molar refractivity (Wildman–Crippen MR) is 102 cm³/mol. The molecule has 4 aromatic carbocycles. The van der Waals surface area contributed by atoms with E-state index in [1.54, 1.807) is 0 Å². The lowest BCUT2D eigenvalue weighted by Gasteiger charge is -2.23. The second-order valence-corrected chi connectivity index (χ2v) is 7.59. The smallest absolute Gasteiger partial charge is 0.00989 e. The van der Waals surface area contributed by atoms with Crippen LogP contribution in [0.2, 0.25) is 0 Å². The van der Waals surface area contributed by atoms with E-state index in [4.69, 9.17) is 0 Å². The van der Waals surface area contributed by atoms with Gasteiger partial charge in [0.05, 0.1) is 0 Å². The van der Waals surface area contributed by atoms with Crippen molar-refractivity contribution in [2.45, 2.75) is 33.1 Å². The molecule has 0 bridgehead atoms.